The number of hydrogen-bond acceptors (Lipinski definition) is 2. The Morgan fingerprint density at radius 2 is 2.00 bits per heavy atom. The van der Waals surface area contributed by atoms with Crippen molar-refractivity contribution in [1.82, 2.24) is 0 Å². The minimum absolute atomic E-state index is 0.242. The molecular formula is C14H21FOS. The van der Waals surface area contributed by atoms with E-state index in [-0.39, 0.29) is 5.82 Å². The van der Waals surface area contributed by atoms with Gasteiger partial charge in [-0.3, -0.25) is 0 Å². The first kappa shape index (κ1) is 14.5. The number of thioether (sulfide) groups is 1. The van der Waals surface area contributed by atoms with Gasteiger partial charge in [-0.15, -0.1) is 11.8 Å². The van der Waals surface area contributed by atoms with Crippen LogP contribution in [0.15, 0.2) is 17.0 Å². The summed E-state index contributed by atoms with van der Waals surface area (Å²) in [5.41, 5.74) is 1.34. The van der Waals surface area contributed by atoms with Gasteiger partial charge in [-0.05, 0) is 43.0 Å². The summed E-state index contributed by atoms with van der Waals surface area (Å²) in [5, 5.41) is 9.66. The van der Waals surface area contributed by atoms with Crippen LogP contribution >= 0.6 is 11.8 Å². The van der Waals surface area contributed by atoms with Crippen LogP contribution in [0.1, 0.15) is 44.4 Å². The fourth-order valence-electron chi connectivity index (χ4n) is 1.47. The van der Waals surface area contributed by atoms with Crippen molar-refractivity contribution in [3.05, 3.63) is 29.1 Å². The average Bonchev–Trinajstić information content (AvgIpc) is 2.29. The smallest absolute Gasteiger partial charge is 0.126 e. The molecule has 0 amide bonds. The van der Waals surface area contributed by atoms with Crippen LogP contribution in [0, 0.1) is 18.7 Å². The van der Waals surface area contributed by atoms with Crippen molar-refractivity contribution < 1.29 is 9.50 Å². The van der Waals surface area contributed by atoms with Crippen molar-refractivity contribution in [1.29, 1.82) is 0 Å². The number of halogens is 1. The third kappa shape index (κ3) is 4.00. The minimum atomic E-state index is -0.621. The maximum Gasteiger partial charge on any atom is 0.126 e. The van der Waals surface area contributed by atoms with Crippen LogP contribution in [-0.2, 0) is 0 Å². The summed E-state index contributed by atoms with van der Waals surface area (Å²) < 4.78 is 13.5. The Bertz CT molecular complexity index is 377. The van der Waals surface area contributed by atoms with Crippen LogP contribution in [0.3, 0.4) is 0 Å². The Balaban J connectivity index is 2.92. The average molecular weight is 256 g/mol. The van der Waals surface area contributed by atoms with Crippen LogP contribution < -0.4 is 0 Å². The van der Waals surface area contributed by atoms with Crippen LogP contribution in [0.5, 0.6) is 0 Å². The molecule has 17 heavy (non-hydrogen) atoms. The molecule has 0 aliphatic rings. The summed E-state index contributed by atoms with van der Waals surface area (Å²) in [5.74, 6) is 1.39. The zero-order valence-electron chi connectivity index (χ0n) is 11.0. The largest absolute Gasteiger partial charge is 0.389 e. The van der Waals surface area contributed by atoms with Crippen molar-refractivity contribution >= 4 is 11.8 Å². The number of aliphatic hydroxyl groups is 1. The zero-order valence-corrected chi connectivity index (χ0v) is 11.8. The zero-order chi connectivity index (χ0) is 13.0. The Hall–Kier alpha value is -0.540. The summed E-state index contributed by atoms with van der Waals surface area (Å²) >= 11 is 1.70. The lowest BCUT2D eigenvalue weighted by Gasteiger charge is -2.15. The molecular weight excluding hydrogens is 235 g/mol. The number of aliphatic hydroxyl groups excluding tert-OH is 1. The van der Waals surface area contributed by atoms with Crippen LogP contribution in [0.25, 0.3) is 0 Å². The molecule has 0 aliphatic carbocycles. The maximum absolute atomic E-state index is 13.5. The topological polar surface area (TPSA) is 20.2 Å². The van der Waals surface area contributed by atoms with Crippen molar-refractivity contribution in [2.24, 2.45) is 5.92 Å². The van der Waals surface area contributed by atoms with E-state index in [1.54, 1.807) is 25.6 Å². The molecule has 0 bridgehead atoms. The summed E-state index contributed by atoms with van der Waals surface area (Å²) in [6, 6.07) is 3.30. The molecule has 1 aromatic carbocycles. The molecule has 96 valence electrons. The highest BCUT2D eigenvalue weighted by Gasteiger charge is 2.13. The third-order valence-corrected chi connectivity index (χ3v) is 4.36. The van der Waals surface area contributed by atoms with Crippen molar-refractivity contribution in [3.8, 4) is 0 Å². The molecule has 1 nitrogen and oxygen atoms in total. The standard InChI is InChI=1S/C14H21FOS/c1-5-9(2)8-17-14-6-10(3)13(15)7-12(14)11(4)16/h6-7,9,11,16H,5,8H2,1-4H3/t9?,11-/m1/s1. The first-order chi connectivity index (χ1) is 7.95. The molecule has 0 saturated carbocycles. The number of hydrogen-bond donors (Lipinski definition) is 1. The fraction of sp³-hybridized carbons (Fsp3) is 0.571. The SMILES string of the molecule is CCC(C)CSc1cc(C)c(F)cc1[C@@H](C)O. The maximum atomic E-state index is 13.5. The van der Waals surface area contributed by atoms with Gasteiger partial charge in [0.2, 0.25) is 0 Å². The van der Waals surface area contributed by atoms with E-state index in [1.807, 2.05) is 6.07 Å². The Morgan fingerprint density at radius 1 is 1.35 bits per heavy atom. The molecule has 0 radical (unpaired) electrons. The van der Waals surface area contributed by atoms with Crippen molar-refractivity contribution in [2.45, 2.75) is 45.1 Å². The molecule has 2 atom stereocenters. The van der Waals surface area contributed by atoms with Gasteiger partial charge in [0.15, 0.2) is 0 Å². The van der Waals surface area contributed by atoms with Crippen molar-refractivity contribution in [2.75, 3.05) is 5.75 Å². The quantitative estimate of drug-likeness (QED) is 0.791. The Labute approximate surface area is 107 Å². The van der Waals surface area contributed by atoms with Crippen LogP contribution in [-0.4, -0.2) is 10.9 Å². The molecule has 1 unspecified atom stereocenters. The van der Waals surface area contributed by atoms with E-state index in [0.29, 0.717) is 17.0 Å². The molecule has 0 fully saturated rings. The summed E-state index contributed by atoms with van der Waals surface area (Å²) in [7, 11) is 0. The van der Waals surface area contributed by atoms with Gasteiger partial charge >= 0.3 is 0 Å². The molecule has 0 heterocycles. The van der Waals surface area contributed by atoms with Crippen molar-refractivity contribution in [3.63, 3.8) is 0 Å². The van der Waals surface area contributed by atoms with Crippen LogP contribution in [0.4, 0.5) is 4.39 Å². The third-order valence-electron chi connectivity index (χ3n) is 2.96. The molecule has 0 aromatic heterocycles. The minimum Gasteiger partial charge on any atom is -0.389 e. The first-order valence-electron chi connectivity index (χ1n) is 6.06. The second-order valence-corrected chi connectivity index (χ2v) is 5.70. The van der Waals surface area contributed by atoms with Crippen LogP contribution in [0.2, 0.25) is 0 Å². The molecule has 0 saturated heterocycles. The molecule has 1 aromatic rings. The van der Waals surface area contributed by atoms with Gasteiger partial charge in [0.25, 0.3) is 0 Å². The summed E-state index contributed by atoms with van der Waals surface area (Å²) in [6.07, 6.45) is 0.515. The summed E-state index contributed by atoms with van der Waals surface area (Å²) in [4.78, 5) is 0.999. The number of benzene rings is 1. The highest BCUT2D eigenvalue weighted by molar-refractivity contribution is 7.99. The first-order valence-corrected chi connectivity index (χ1v) is 7.05. The Kier molecular flexibility index (Phi) is 5.47. The van der Waals surface area contributed by atoms with Gasteiger partial charge in [-0.25, -0.2) is 4.39 Å². The van der Waals surface area contributed by atoms with E-state index in [4.69, 9.17) is 0 Å². The van der Waals surface area contributed by atoms with E-state index >= 15 is 0 Å². The van der Waals surface area contributed by atoms with E-state index < -0.39 is 6.10 Å². The van der Waals surface area contributed by atoms with E-state index in [9.17, 15) is 9.50 Å². The molecule has 1 N–H and O–H groups in total. The second-order valence-electron chi connectivity index (χ2n) is 4.64. The second kappa shape index (κ2) is 6.41. The highest BCUT2D eigenvalue weighted by atomic mass is 32.2. The van der Waals surface area contributed by atoms with E-state index in [0.717, 1.165) is 17.1 Å². The number of rotatable bonds is 5. The van der Waals surface area contributed by atoms with Gasteiger partial charge in [-0.1, -0.05) is 20.3 Å². The van der Waals surface area contributed by atoms with E-state index in [2.05, 4.69) is 13.8 Å². The molecule has 3 heteroatoms. The monoisotopic (exact) mass is 256 g/mol. The Morgan fingerprint density at radius 3 is 2.53 bits per heavy atom. The highest BCUT2D eigenvalue weighted by Crippen LogP contribution is 2.31. The van der Waals surface area contributed by atoms with Gasteiger partial charge < -0.3 is 5.11 Å². The molecule has 0 spiro atoms. The lowest BCUT2D eigenvalue weighted by atomic mass is 10.1. The molecule has 0 aliphatic heterocycles. The predicted molar refractivity (Wildman–Crippen MR) is 71.9 cm³/mol. The van der Waals surface area contributed by atoms with Gasteiger partial charge in [0.05, 0.1) is 6.10 Å². The van der Waals surface area contributed by atoms with Gasteiger partial charge in [0, 0.05) is 10.6 Å². The lowest BCUT2D eigenvalue weighted by molar-refractivity contribution is 0.196. The normalized spacial score (nSPS) is 14.7. The van der Waals surface area contributed by atoms with E-state index in [1.165, 1.54) is 6.07 Å². The van der Waals surface area contributed by atoms with Gasteiger partial charge in [-0.2, -0.15) is 0 Å². The predicted octanol–water partition coefficient (Wildman–Crippen LogP) is 4.33. The molecule has 1 rings (SSSR count). The fourth-order valence-corrected chi connectivity index (χ4v) is 2.83. The lowest BCUT2D eigenvalue weighted by Crippen LogP contribution is -2.00. The summed E-state index contributed by atoms with van der Waals surface area (Å²) in [6.45, 7) is 7.80. The van der Waals surface area contributed by atoms with Gasteiger partial charge in [0.1, 0.15) is 5.82 Å². The number of aryl methyl sites for hydroxylation is 1.